The number of methoxy groups -OCH3 is 1. The first-order valence-electron chi connectivity index (χ1n) is 6.42. The predicted molar refractivity (Wildman–Crippen MR) is 73.4 cm³/mol. The maximum Gasteiger partial charge on any atom is 0.431 e. The fourth-order valence-corrected chi connectivity index (χ4v) is 2.07. The number of amides is 1. The molecule has 0 aromatic carbocycles. The maximum absolute atomic E-state index is 13.1. The maximum atomic E-state index is 13.1. The minimum atomic E-state index is -4.86. The molecular formula is C14H11F3N2O5. The van der Waals surface area contributed by atoms with E-state index in [1.165, 1.54) is 6.07 Å². The zero-order valence-corrected chi connectivity index (χ0v) is 12.2. The molecule has 2 heterocycles. The van der Waals surface area contributed by atoms with Gasteiger partial charge in [0.25, 0.3) is 11.5 Å². The quantitative estimate of drug-likeness (QED) is 0.844. The highest BCUT2D eigenvalue weighted by atomic mass is 19.4. The van der Waals surface area contributed by atoms with Gasteiger partial charge in [-0.05, 0) is 18.2 Å². The van der Waals surface area contributed by atoms with Gasteiger partial charge in [0.05, 0.1) is 19.9 Å². The molecule has 0 aliphatic heterocycles. The molecule has 10 heteroatoms. The van der Waals surface area contributed by atoms with Crippen LogP contribution >= 0.6 is 0 Å². The van der Waals surface area contributed by atoms with E-state index >= 15 is 0 Å². The molecule has 0 aliphatic rings. The number of esters is 1. The van der Waals surface area contributed by atoms with Crippen LogP contribution in [0.25, 0.3) is 0 Å². The number of halogens is 3. The molecule has 128 valence electrons. The van der Waals surface area contributed by atoms with Crippen LogP contribution in [0.4, 0.5) is 13.2 Å². The molecule has 0 bridgehead atoms. The lowest BCUT2D eigenvalue weighted by atomic mass is 10.2. The first-order chi connectivity index (χ1) is 11.2. The van der Waals surface area contributed by atoms with Crippen molar-refractivity contribution < 1.29 is 31.9 Å². The minimum absolute atomic E-state index is 0.0175. The normalized spacial score (nSPS) is 11.3. The van der Waals surface area contributed by atoms with Crippen LogP contribution in [0.3, 0.4) is 0 Å². The van der Waals surface area contributed by atoms with Crippen LogP contribution in [0.1, 0.15) is 32.2 Å². The van der Waals surface area contributed by atoms with Crippen molar-refractivity contribution in [1.29, 1.82) is 0 Å². The molecule has 0 spiro atoms. The standard InChI is InChI=1S/C14H11F3N2O5/c1-23-13(22)10-7(4-5-24-10)6-19-9(14(15,16)17)3-2-8(11(18)20)12(19)21/h2-5H,6H2,1H3,(H2,18,20). The molecule has 0 atom stereocenters. The molecule has 7 nitrogen and oxygen atoms in total. The van der Waals surface area contributed by atoms with Gasteiger partial charge in [-0.2, -0.15) is 13.2 Å². The number of nitrogens with two attached hydrogens (primary N) is 1. The summed E-state index contributed by atoms with van der Waals surface area (Å²) in [7, 11) is 1.07. The third kappa shape index (κ3) is 3.16. The number of aromatic nitrogens is 1. The van der Waals surface area contributed by atoms with Crippen LogP contribution in [-0.4, -0.2) is 23.6 Å². The summed E-state index contributed by atoms with van der Waals surface area (Å²) < 4.78 is 49.0. The van der Waals surface area contributed by atoms with Crippen molar-refractivity contribution in [3.63, 3.8) is 0 Å². The number of hydrogen-bond acceptors (Lipinski definition) is 5. The molecule has 24 heavy (non-hydrogen) atoms. The highest BCUT2D eigenvalue weighted by Gasteiger charge is 2.35. The number of carbonyl (C=O) groups excluding carboxylic acids is 2. The van der Waals surface area contributed by atoms with E-state index in [9.17, 15) is 27.6 Å². The molecule has 1 amide bonds. The first kappa shape index (κ1) is 17.3. The Labute approximate surface area is 132 Å². The number of primary amides is 1. The predicted octanol–water partition coefficient (Wildman–Crippen LogP) is 1.39. The van der Waals surface area contributed by atoms with Gasteiger partial charge in [-0.3, -0.25) is 14.2 Å². The Morgan fingerprint density at radius 1 is 1.29 bits per heavy atom. The van der Waals surface area contributed by atoms with Crippen molar-refractivity contribution >= 4 is 11.9 Å². The first-order valence-corrected chi connectivity index (χ1v) is 6.42. The Bertz CT molecular complexity index is 851. The molecule has 0 fully saturated rings. The molecule has 0 unspecified atom stereocenters. The van der Waals surface area contributed by atoms with Crippen LogP contribution in [0.15, 0.2) is 33.7 Å². The zero-order valence-electron chi connectivity index (χ0n) is 12.2. The molecule has 0 aliphatic carbocycles. The fraction of sp³-hybridized carbons (Fsp3) is 0.214. The minimum Gasteiger partial charge on any atom is -0.463 e. The smallest absolute Gasteiger partial charge is 0.431 e. The average molecular weight is 344 g/mol. The number of furan rings is 1. The highest BCUT2D eigenvalue weighted by Crippen LogP contribution is 2.29. The molecule has 0 saturated heterocycles. The van der Waals surface area contributed by atoms with E-state index in [1.54, 1.807) is 0 Å². The van der Waals surface area contributed by atoms with Gasteiger partial charge < -0.3 is 14.9 Å². The molecule has 2 rings (SSSR count). The Morgan fingerprint density at radius 3 is 2.50 bits per heavy atom. The number of rotatable bonds is 4. The van der Waals surface area contributed by atoms with Crippen molar-refractivity contribution in [3.8, 4) is 0 Å². The second-order valence-electron chi connectivity index (χ2n) is 4.65. The van der Waals surface area contributed by atoms with Gasteiger partial charge in [0, 0.05) is 5.56 Å². The number of pyridine rings is 1. The van der Waals surface area contributed by atoms with Crippen molar-refractivity contribution in [2.45, 2.75) is 12.7 Å². The molecule has 0 saturated carbocycles. The van der Waals surface area contributed by atoms with E-state index in [0.717, 1.165) is 13.4 Å². The molecule has 2 aromatic heterocycles. The summed E-state index contributed by atoms with van der Waals surface area (Å²) in [5.41, 5.74) is 1.84. The van der Waals surface area contributed by atoms with Crippen molar-refractivity contribution in [2.24, 2.45) is 5.73 Å². The van der Waals surface area contributed by atoms with Gasteiger partial charge in [-0.15, -0.1) is 0 Å². The van der Waals surface area contributed by atoms with E-state index < -0.39 is 41.4 Å². The average Bonchev–Trinajstić information content (AvgIpc) is 2.95. The Morgan fingerprint density at radius 2 is 1.96 bits per heavy atom. The van der Waals surface area contributed by atoms with E-state index in [2.05, 4.69) is 4.74 Å². The Balaban J connectivity index is 2.63. The van der Waals surface area contributed by atoms with E-state index in [-0.39, 0.29) is 11.3 Å². The Kier molecular flexibility index (Phi) is 4.49. The molecule has 0 radical (unpaired) electrons. The van der Waals surface area contributed by atoms with Crippen LogP contribution in [0, 0.1) is 0 Å². The van der Waals surface area contributed by atoms with Gasteiger partial charge in [0.15, 0.2) is 0 Å². The van der Waals surface area contributed by atoms with Gasteiger partial charge >= 0.3 is 12.1 Å². The summed E-state index contributed by atoms with van der Waals surface area (Å²) in [6.07, 6.45) is -3.79. The monoisotopic (exact) mass is 344 g/mol. The van der Waals surface area contributed by atoms with Crippen molar-refractivity contribution in [1.82, 2.24) is 4.57 Å². The largest absolute Gasteiger partial charge is 0.463 e. The van der Waals surface area contributed by atoms with Gasteiger partial charge in [-0.1, -0.05) is 0 Å². The number of carbonyl (C=O) groups is 2. The third-order valence-corrected chi connectivity index (χ3v) is 3.18. The van der Waals surface area contributed by atoms with E-state index in [4.69, 9.17) is 10.2 Å². The van der Waals surface area contributed by atoms with Crippen LogP contribution in [0.5, 0.6) is 0 Å². The number of nitrogens with zero attached hydrogens (tertiary/aromatic N) is 1. The summed E-state index contributed by atoms with van der Waals surface area (Å²) in [6, 6.07) is 2.50. The summed E-state index contributed by atoms with van der Waals surface area (Å²) in [6.45, 7) is -0.657. The third-order valence-electron chi connectivity index (χ3n) is 3.18. The van der Waals surface area contributed by atoms with Crippen molar-refractivity contribution in [2.75, 3.05) is 7.11 Å². The van der Waals surface area contributed by atoms with Gasteiger partial charge in [0.2, 0.25) is 5.76 Å². The summed E-state index contributed by atoms with van der Waals surface area (Å²) in [5.74, 6) is -2.42. The summed E-state index contributed by atoms with van der Waals surface area (Å²) in [4.78, 5) is 34.9. The van der Waals surface area contributed by atoms with Crippen LogP contribution in [0.2, 0.25) is 0 Å². The fourth-order valence-electron chi connectivity index (χ4n) is 2.07. The van der Waals surface area contributed by atoms with Gasteiger partial charge in [-0.25, -0.2) is 4.79 Å². The number of alkyl halides is 3. The molecule has 2 aromatic rings. The second kappa shape index (κ2) is 6.22. The SMILES string of the molecule is COC(=O)c1occc1Cn1c(C(F)(F)F)ccc(C(N)=O)c1=O. The summed E-state index contributed by atoms with van der Waals surface area (Å²) in [5, 5.41) is 0. The topological polar surface area (TPSA) is 105 Å². The van der Waals surface area contributed by atoms with Crippen LogP contribution in [-0.2, 0) is 17.5 Å². The summed E-state index contributed by atoms with van der Waals surface area (Å²) >= 11 is 0. The van der Waals surface area contributed by atoms with Gasteiger partial charge in [0.1, 0.15) is 11.3 Å². The number of ether oxygens (including phenoxy) is 1. The highest BCUT2D eigenvalue weighted by molar-refractivity contribution is 5.92. The molecule has 2 N–H and O–H groups in total. The lowest BCUT2D eigenvalue weighted by molar-refractivity contribution is -0.144. The van der Waals surface area contributed by atoms with Crippen LogP contribution < -0.4 is 11.3 Å². The lowest BCUT2D eigenvalue weighted by Crippen LogP contribution is -2.34. The molecular weight excluding hydrogens is 333 g/mol. The Hall–Kier alpha value is -3.04. The number of hydrogen-bond donors (Lipinski definition) is 1. The zero-order chi connectivity index (χ0) is 18.1. The van der Waals surface area contributed by atoms with E-state index in [0.29, 0.717) is 16.7 Å². The van der Waals surface area contributed by atoms with E-state index in [1.807, 2.05) is 0 Å². The lowest BCUT2D eigenvalue weighted by Gasteiger charge is -2.16. The second-order valence-corrected chi connectivity index (χ2v) is 4.65. The van der Waals surface area contributed by atoms with Crippen molar-refractivity contribution in [3.05, 3.63) is 57.4 Å².